The van der Waals surface area contributed by atoms with Crippen molar-refractivity contribution in [2.75, 3.05) is 7.05 Å². The van der Waals surface area contributed by atoms with E-state index < -0.39 is 0 Å². The number of hydrogen-bond acceptors (Lipinski definition) is 1. The molecule has 1 aromatic rings. The molecular weight excluding hydrogens is 309 g/mol. The van der Waals surface area contributed by atoms with Gasteiger partial charge in [-0.25, -0.2) is 4.39 Å². The Morgan fingerprint density at radius 2 is 1.48 bits per heavy atom. The molecule has 1 saturated carbocycles. The summed E-state index contributed by atoms with van der Waals surface area (Å²) in [5.41, 5.74) is 2.43. The zero-order chi connectivity index (χ0) is 18.4. The summed E-state index contributed by atoms with van der Waals surface area (Å²) >= 11 is 0. The number of likely N-dealkylation sites (tertiary alicyclic amines) is 1. The molecule has 2 aliphatic rings. The van der Waals surface area contributed by atoms with Crippen molar-refractivity contribution in [3.63, 3.8) is 0 Å². The molecule has 3 rings (SSSR count). The van der Waals surface area contributed by atoms with Crippen LogP contribution in [0, 0.1) is 11.7 Å². The molecule has 1 aliphatic carbocycles. The van der Waals surface area contributed by atoms with Crippen LogP contribution in [0.3, 0.4) is 0 Å². The van der Waals surface area contributed by atoms with Crippen LogP contribution in [0.1, 0.15) is 96.1 Å². The van der Waals surface area contributed by atoms with Gasteiger partial charge in [0.2, 0.25) is 0 Å². The first-order chi connectivity index (χ1) is 11.6. The highest BCUT2D eigenvalue weighted by atomic mass is 19.1. The van der Waals surface area contributed by atoms with Crippen LogP contribution in [-0.4, -0.2) is 23.0 Å². The molecule has 1 heterocycles. The quantitative estimate of drug-likeness (QED) is 0.592. The molecule has 0 aromatic heterocycles. The van der Waals surface area contributed by atoms with E-state index in [-0.39, 0.29) is 16.9 Å². The number of halogens is 1. The summed E-state index contributed by atoms with van der Waals surface area (Å²) in [6, 6.07) is 6.18. The van der Waals surface area contributed by atoms with Gasteiger partial charge in [-0.3, -0.25) is 4.90 Å². The summed E-state index contributed by atoms with van der Waals surface area (Å²) in [5, 5.41) is 0. The summed E-state index contributed by atoms with van der Waals surface area (Å²) in [6.45, 7) is 11.6. The van der Waals surface area contributed by atoms with Gasteiger partial charge in [-0.1, -0.05) is 31.9 Å². The average molecular weight is 346 g/mol. The van der Waals surface area contributed by atoms with Crippen molar-refractivity contribution in [2.45, 2.75) is 96.1 Å². The Labute approximate surface area is 154 Å². The smallest absolute Gasteiger partial charge is 0.126 e. The molecule has 0 amide bonds. The van der Waals surface area contributed by atoms with Crippen LogP contribution in [0.4, 0.5) is 4.39 Å². The second-order valence-electron chi connectivity index (χ2n) is 10.0. The molecule has 0 atom stereocenters. The minimum absolute atomic E-state index is 0.0339. The van der Waals surface area contributed by atoms with Gasteiger partial charge in [0.05, 0.1) is 0 Å². The fraction of sp³-hybridized carbons (Fsp3) is 0.739. The van der Waals surface area contributed by atoms with Crippen molar-refractivity contribution in [3.05, 3.63) is 35.1 Å². The van der Waals surface area contributed by atoms with Crippen molar-refractivity contribution < 1.29 is 4.39 Å². The Kier molecular flexibility index (Phi) is 5.05. The summed E-state index contributed by atoms with van der Waals surface area (Å²) in [4.78, 5) is 2.49. The summed E-state index contributed by atoms with van der Waals surface area (Å²) < 4.78 is 14.9. The van der Waals surface area contributed by atoms with Gasteiger partial charge in [0.15, 0.2) is 0 Å². The maximum absolute atomic E-state index is 14.9. The maximum atomic E-state index is 14.9. The van der Waals surface area contributed by atoms with E-state index in [1.54, 1.807) is 0 Å². The predicted octanol–water partition coefficient (Wildman–Crippen LogP) is 6.49. The van der Waals surface area contributed by atoms with Crippen LogP contribution in [0.5, 0.6) is 0 Å². The van der Waals surface area contributed by atoms with Crippen molar-refractivity contribution in [3.8, 4) is 0 Å². The normalized spacial score (nSPS) is 30.4. The third-order valence-corrected chi connectivity index (χ3v) is 7.26. The molecule has 2 fully saturated rings. The van der Waals surface area contributed by atoms with E-state index >= 15 is 0 Å². The monoisotopic (exact) mass is 345 g/mol. The standard InChI is InChI=1S/C23H36FN/c1-16-7-9-17(10-8-16)20-12-11-18(13-21(20)24)19-14-22(2,3)25(6)23(4,5)15-19/h11-13,16-17,19H,7-10,14-15H2,1-6H3. The SMILES string of the molecule is CC1CCC(c2ccc(C3CC(C)(C)N(C)C(C)(C)C3)cc2F)CC1. The maximum Gasteiger partial charge on any atom is 0.126 e. The van der Waals surface area contributed by atoms with E-state index in [1.165, 1.54) is 18.4 Å². The molecule has 1 aliphatic heterocycles. The van der Waals surface area contributed by atoms with Gasteiger partial charge in [-0.05, 0) is 95.4 Å². The Morgan fingerprint density at radius 3 is 2.00 bits per heavy atom. The van der Waals surface area contributed by atoms with E-state index in [4.69, 9.17) is 0 Å². The molecule has 1 nitrogen and oxygen atoms in total. The molecule has 25 heavy (non-hydrogen) atoms. The molecule has 0 radical (unpaired) electrons. The predicted molar refractivity (Wildman–Crippen MR) is 105 cm³/mol. The first-order valence-corrected chi connectivity index (χ1v) is 10.1. The van der Waals surface area contributed by atoms with E-state index in [2.05, 4.69) is 58.7 Å². The fourth-order valence-electron chi connectivity index (χ4n) is 5.31. The van der Waals surface area contributed by atoms with E-state index in [9.17, 15) is 4.39 Å². The van der Waals surface area contributed by atoms with E-state index in [0.29, 0.717) is 11.8 Å². The van der Waals surface area contributed by atoms with Crippen LogP contribution in [0.2, 0.25) is 0 Å². The zero-order valence-electron chi connectivity index (χ0n) is 17.0. The minimum Gasteiger partial charge on any atom is -0.296 e. The van der Waals surface area contributed by atoms with Gasteiger partial charge in [0.1, 0.15) is 5.82 Å². The molecular formula is C23H36FN. The molecule has 1 aromatic carbocycles. The van der Waals surface area contributed by atoms with Gasteiger partial charge in [-0.15, -0.1) is 0 Å². The molecule has 0 N–H and O–H groups in total. The van der Waals surface area contributed by atoms with Gasteiger partial charge in [0.25, 0.3) is 0 Å². The summed E-state index contributed by atoms with van der Waals surface area (Å²) in [5.74, 6) is 1.71. The molecule has 0 bridgehead atoms. The van der Waals surface area contributed by atoms with Crippen molar-refractivity contribution >= 4 is 0 Å². The Bertz CT molecular complexity index is 593. The number of rotatable bonds is 2. The lowest BCUT2D eigenvalue weighted by atomic mass is 9.71. The Morgan fingerprint density at radius 1 is 0.920 bits per heavy atom. The number of hydrogen-bond donors (Lipinski definition) is 0. The van der Waals surface area contributed by atoms with E-state index in [0.717, 1.165) is 37.2 Å². The lowest BCUT2D eigenvalue weighted by Crippen LogP contribution is -2.58. The van der Waals surface area contributed by atoms with Gasteiger partial charge < -0.3 is 0 Å². The van der Waals surface area contributed by atoms with Gasteiger partial charge in [-0.2, -0.15) is 0 Å². The highest BCUT2D eigenvalue weighted by Crippen LogP contribution is 2.45. The van der Waals surface area contributed by atoms with Crippen molar-refractivity contribution in [1.82, 2.24) is 4.90 Å². The average Bonchev–Trinajstić information content (AvgIpc) is 2.53. The topological polar surface area (TPSA) is 3.24 Å². The van der Waals surface area contributed by atoms with E-state index in [1.807, 2.05) is 6.07 Å². The minimum atomic E-state index is 0.0339. The first-order valence-electron chi connectivity index (χ1n) is 10.1. The zero-order valence-corrected chi connectivity index (χ0v) is 17.0. The largest absolute Gasteiger partial charge is 0.296 e. The lowest BCUT2D eigenvalue weighted by Gasteiger charge is -2.54. The van der Waals surface area contributed by atoms with Crippen LogP contribution in [0.25, 0.3) is 0 Å². The van der Waals surface area contributed by atoms with Gasteiger partial charge in [0, 0.05) is 11.1 Å². The number of nitrogens with zero attached hydrogens (tertiary/aromatic N) is 1. The number of benzene rings is 1. The Hall–Kier alpha value is -0.890. The molecule has 140 valence electrons. The third-order valence-electron chi connectivity index (χ3n) is 7.26. The second kappa shape index (κ2) is 6.68. The molecule has 0 unspecified atom stereocenters. The van der Waals surface area contributed by atoms with Crippen LogP contribution in [-0.2, 0) is 0 Å². The van der Waals surface area contributed by atoms with Crippen molar-refractivity contribution in [2.24, 2.45) is 5.92 Å². The second-order valence-corrected chi connectivity index (χ2v) is 10.0. The number of piperidine rings is 1. The molecule has 1 saturated heterocycles. The molecule has 2 heteroatoms. The molecule has 0 spiro atoms. The van der Waals surface area contributed by atoms with Crippen molar-refractivity contribution in [1.29, 1.82) is 0 Å². The summed E-state index contributed by atoms with van der Waals surface area (Å²) in [7, 11) is 2.23. The fourth-order valence-corrected chi connectivity index (χ4v) is 5.31. The third kappa shape index (κ3) is 3.79. The summed E-state index contributed by atoms with van der Waals surface area (Å²) in [6.07, 6.45) is 6.95. The highest BCUT2D eigenvalue weighted by Gasteiger charge is 2.43. The lowest BCUT2D eigenvalue weighted by molar-refractivity contribution is -0.0128. The van der Waals surface area contributed by atoms with Crippen LogP contribution in [0.15, 0.2) is 18.2 Å². The first kappa shape index (κ1) is 18.9. The highest BCUT2D eigenvalue weighted by molar-refractivity contribution is 5.31. The van der Waals surface area contributed by atoms with Crippen LogP contribution >= 0.6 is 0 Å². The van der Waals surface area contributed by atoms with Gasteiger partial charge >= 0.3 is 0 Å². The van der Waals surface area contributed by atoms with Crippen LogP contribution < -0.4 is 0 Å². The Balaban J connectivity index is 1.81.